The summed E-state index contributed by atoms with van der Waals surface area (Å²) in [7, 11) is 0. The van der Waals surface area contributed by atoms with E-state index in [4.69, 9.17) is 21.1 Å². The molecule has 0 N–H and O–H groups in total. The van der Waals surface area contributed by atoms with E-state index in [1.54, 1.807) is 12.1 Å². The normalized spacial score (nSPS) is 13.1. The van der Waals surface area contributed by atoms with Gasteiger partial charge >= 0.3 is 0 Å². The molecule has 5 nitrogen and oxygen atoms in total. The summed E-state index contributed by atoms with van der Waals surface area (Å²) in [6, 6.07) is 3.55. The average molecular weight is 305 g/mol. The van der Waals surface area contributed by atoms with Gasteiger partial charge in [-0.2, -0.15) is 4.98 Å². The quantitative estimate of drug-likeness (QED) is 0.642. The van der Waals surface area contributed by atoms with E-state index in [1.165, 1.54) is 0 Å². The maximum Gasteiger partial charge on any atom is 0.229 e. The smallest absolute Gasteiger partial charge is 0.229 e. The van der Waals surface area contributed by atoms with E-state index in [9.17, 15) is 4.79 Å². The molecule has 2 aromatic rings. The van der Waals surface area contributed by atoms with E-state index >= 15 is 0 Å². The number of fused-ring (bicyclic) bond motifs is 1. The van der Waals surface area contributed by atoms with Crippen molar-refractivity contribution in [1.82, 2.24) is 9.97 Å². The summed E-state index contributed by atoms with van der Waals surface area (Å²) in [6.45, 7) is 4.59. The molecular weight excluding hydrogens is 292 g/mol. The monoisotopic (exact) mass is 304 g/mol. The number of halogens is 1. The van der Waals surface area contributed by atoms with Crippen LogP contribution in [0.15, 0.2) is 12.1 Å². The highest BCUT2D eigenvalue weighted by molar-refractivity contribution is 6.28. The fraction of sp³-hybridized carbons (Fsp3) is 0.267. The summed E-state index contributed by atoms with van der Waals surface area (Å²) < 4.78 is 11.3. The van der Waals surface area contributed by atoms with Crippen molar-refractivity contribution >= 4 is 17.9 Å². The van der Waals surface area contributed by atoms with Crippen LogP contribution in [0.4, 0.5) is 0 Å². The lowest BCUT2D eigenvalue weighted by molar-refractivity contribution is 0.112. The molecule has 6 heteroatoms. The zero-order valence-electron chi connectivity index (χ0n) is 11.6. The highest BCUT2D eigenvalue weighted by Crippen LogP contribution is 2.34. The second-order valence-electron chi connectivity index (χ2n) is 4.92. The molecule has 1 aromatic carbocycles. The second-order valence-corrected chi connectivity index (χ2v) is 5.26. The summed E-state index contributed by atoms with van der Waals surface area (Å²) >= 11 is 5.92. The zero-order valence-corrected chi connectivity index (χ0v) is 12.4. The number of benzene rings is 1. The van der Waals surface area contributed by atoms with Crippen molar-refractivity contribution in [2.24, 2.45) is 0 Å². The first kappa shape index (κ1) is 14.0. The highest BCUT2D eigenvalue weighted by Gasteiger charge is 2.22. The fourth-order valence-corrected chi connectivity index (χ4v) is 2.57. The molecule has 0 unspecified atom stereocenters. The van der Waals surface area contributed by atoms with Gasteiger partial charge in [-0.25, -0.2) is 4.98 Å². The van der Waals surface area contributed by atoms with Crippen molar-refractivity contribution < 1.29 is 14.3 Å². The number of carbonyl (C=O) groups is 1. The van der Waals surface area contributed by atoms with Crippen LogP contribution in [0, 0.1) is 13.8 Å². The first-order valence-electron chi connectivity index (χ1n) is 6.46. The van der Waals surface area contributed by atoms with Gasteiger partial charge < -0.3 is 9.47 Å². The Morgan fingerprint density at radius 1 is 1.24 bits per heavy atom. The van der Waals surface area contributed by atoms with E-state index in [0.717, 1.165) is 28.7 Å². The SMILES string of the molecule is Cc1cc(C=O)cc(C)c1Oc1nc(Cl)nc2c1COC2. The van der Waals surface area contributed by atoms with Gasteiger partial charge in [0.2, 0.25) is 11.2 Å². The summed E-state index contributed by atoms with van der Waals surface area (Å²) in [5.74, 6) is 1.08. The minimum Gasteiger partial charge on any atom is -0.438 e. The standard InChI is InChI=1S/C15H13ClN2O3/c1-8-3-10(5-19)4-9(2)13(8)21-14-11-6-20-7-12(11)17-15(16)18-14/h3-5H,6-7H2,1-2H3. The number of nitrogens with zero attached hydrogens (tertiary/aromatic N) is 2. The van der Waals surface area contributed by atoms with Crippen LogP contribution in [0.25, 0.3) is 0 Å². The van der Waals surface area contributed by atoms with Gasteiger partial charge in [0.1, 0.15) is 12.0 Å². The van der Waals surface area contributed by atoms with Crippen LogP contribution in [0.3, 0.4) is 0 Å². The number of aryl methyl sites for hydroxylation is 2. The number of hydrogen-bond acceptors (Lipinski definition) is 5. The minimum absolute atomic E-state index is 0.133. The molecule has 0 bridgehead atoms. The molecule has 0 radical (unpaired) electrons. The summed E-state index contributed by atoms with van der Waals surface area (Å²) in [6.07, 6.45) is 0.816. The van der Waals surface area contributed by atoms with Crippen LogP contribution in [-0.4, -0.2) is 16.3 Å². The molecule has 1 aliphatic rings. The molecule has 21 heavy (non-hydrogen) atoms. The third-order valence-electron chi connectivity index (χ3n) is 3.33. The second kappa shape index (κ2) is 5.42. The Labute approximate surface area is 126 Å². The summed E-state index contributed by atoms with van der Waals surface area (Å²) in [5.41, 5.74) is 3.91. The van der Waals surface area contributed by atoms with Gasteiger partial charge in [-0.1, -0.05) is 0 Å². The molecule has 0 amide bonds. The molecule has 1 aromatic heterocycles. The van der Waals surface area contributed by atoms with Gasteiger partial charge in [-0.15, -0.1) is 0 Å². The molecule has 0 saturated carbocycles. The lowest BCUT2D eigenvalue weighted by Crippen LogP contribution is -2.01. The van der Waals surface area contributed by atoms with Crippen molar-refractivity contribution in [2.45, 2.75) is 27.1 Å². The Balaban J connectivity index is 2.04. The van der Waals surface area contributed by atoms with Gasteiger partial charge in [0.25, 0.3) is 0 Å². The molecule has 0 spiro atoms. The lowest BCUT2D eigenvalue weighted by atomic mass is 10.1. The molecule has 3 rings (SSSR count). The van der Waals surface area contributed by atoms with Crippen LogP contribution in [0.2, 0.25) is 5.28 Å². The van der Waals surface area contributed by atoms with Crippen molar-refractivity contribution in [3.8, 4) is 11.6 Å². The van der Waals surface area contributed by atoms with E-state index < -0.39 is 0 Å². The summed E-state index contributed by atoms with van der Waals surface area (Å²) in [4.78, 5) is 19.2. The Morgan fingerprint density at radius 2 is 1.95 bits per heavy atom. The Bertz CT molecular complexity index is 708. The zero-order chi connectivity index (χ0) is 15.0. The van der Waals surface area contributed by atoms with Crippen LogP contribution < -0.4 is 4.74 Å². The van der Waals surface area contributed by atoms with E-state index in [2.05, 4.69) is 9.97 Å². The van der Waals surface area contributed by atoms with Gasteiger partial charge in [0, 0.05) is 5.56 Å². The minimum atomic E-state index is 0.133. The summed E-state index contributed by atoms with van der Waals surface area (Å²) in [5, 5.41) is 0.133. The largest absolute Gasteiger partial charge is 0.438 e. The number of hydrogen-bond donors (Lipinski definition) is 0. The molecule has 108 valence electrons. The fourth-order valence-electron chi connectivity index (χ4n) is 2.39. The lowest BCUT2D eigenvalue weighted by Gasteiger charge is -2.13. The number of carbonyl (C=O) groups excluding carboxylic acids is 1. The van der Waals surface area contributed by atoms with Crippen LogP contribution in [0.5, 0.6) is 11.6 Å². The number of ether oxygens (including phenoxy) is 2. The van der Waals surface area contributed by atoms with Crippen molar-refractivity contribution in [3.05, 3.63) is 45.4 Å². The molecule has 1 aliphatic heterocycles. The van der Waals surface area contributed by atoms with Gasteiger partial charge in [0.05, 0.1) is 24.5 Å². The molecule has 0 atom stereocenters. The molecule has 2 heterocycles. The molecule has 0 aliphatic carbocycles. The third-order valence-corrected chi connectivity index (χ3v) is 3.50. The van der Waals surface area contributed by atoms with Crippen molar-refractivity contribution in [3.63, 3.8) is 0 Å². The predicted octanol–water partition coefficient (Wildman–Crippen LogP) is 3.38. The van der Waals surface area contributed by atoms with Crippen molar-refractivity contribution in [2.75, 3.05) is 0 Å². The van der Waals surface area contributed by atoms with Gasteiger partial charge in [-0.3, -0.25) is 4.79 Å². The Hall–Kier alpha value is -1.98. The molecule has 0 fully saturated rings. The number of rotatable bonds is 3. The molecular formula is C15H13ClN2O3. The van der Waals surface area contributed by atoms with Crippen molar-refractivity contribution in [1.29, 1.82) is 0 Å². The van der Waals surface area contributed by atoms with E-state index in [0.29, 0.717) is 30.4 Å². The van der Waals surface area contributed by atoms with Crippen LogP contribution >= 0.6 is 11.6 Å². The van der Waals surface area contributed by atoms with Crippen LogP contribution in [0.1, 0.15) is 32.7 Å². The van der Waals surface area contributed by atoms with Gasteiger partial charge in [0.15, 0.2) is 0 Å². The van der Waals surface area contributed by atoms with Crippen LogP contribution in [-0.2, 0) is 18.0 Å². The highest BCUT2D eigenvalue weighted by atomic mass is 35.5. The van der Waals surface area contributed by atoms with Gasteiger partial charge in [-0.05, 0) is 48.7 Å². The maximum atomic E-state index is 10.9. The number of aldehydes is 1. The van der Waals surface area contributed by atoms with E-state index in [1.807, 2.05) is 13.8 Å². The number of aromatic nitrogens is 2. The van der Waals surface area contributed by atoms with E-state index in [-0.39, 0.29) is 5.28 Å². The Kier molecular flexibility index (Phi) is 3.61. The first-order valence-corrected chi connectivity index (χ1v) is 6.83. The Morgan fingerprint density at radius 3 is 2.62 bits per heavy atom. The molecule has 0 saturated heterocycles. The predicted molar refractivity (Wildman–Crippen MR) is 76.9 cm³/mol. The topological polar surface area (TPSA) is 61.3 Å². The maximum absolute atomic E-state index is 10.9. The third kappa shape index (κ3) is 2.62. The average Bonchev–Trinajstić information content (AvgIpc) is 2.90. The first-order chi connectivity index (χ1) is 10.1.